The fourth-order valence-electron chi connectivity index (χ4n) is 1.60. The van der Waals surface area contributed by atoms with Crippen molar-refractivity contribution in [2.24, 2.45) is 0 Å². The average Bonchev–Trinajstić information content (AvgIpc) is 2.92. The lowest BCUT2D eigenvalue weighted by Crippen LogP contribution is -1.96. The van der Waals surface area contributed by atoms with E-state index in [9.17, 15) is 10.1 Å². The number of anilines is 1. The Labute approximate surface area is 130 Å². The van der Waals surface area contributed by atoms with Crippen molar-refractivity contribution in [3.8, 4) is 0 Å². The van der Waals surface area contributed by atoms with E-state index >= 15 is 0 Å². The summed E-state index contributed by atoms with van der Waals surface area (Å²) in [5.74, 6) is 0. The van der Waals surface area contributed by atoms with Gasteiger partial charge in [-0.2, -0.15) is 0 Å². The van der Waals surface area contributed by atoms with E-state index < -0.39 is 0 Å². The van der Waals surface area contributed by atoms with E-state index in [1.807, 2.05) is 13.0 Å². The predicted molar refractivity (Wildman–Crippen MR) is 86.0 cm³/mol. The van der Waals surface area contributed by atoms with Gasteiger partial charge in [-0.15, -0.1) is 16.8 Å². The molecule has 0 radical (unpaired) electrons. The molecule has 0 amide bonds. The summed E-state index contributed by atoms with van der Waals surface area (Å²) in [5.41, 5.74) is 0.996. The van der Waals surface area contributed by atoms with Gasteiger partial charge in [0, 0.05) is 23.9 Å². The van der Waals surface area contributed by atoms with Crippen LogP contribution in [-0.2, 0) is 0 Å². The Bertz CT molecular complexity index is 645. The summed E-state index contributed by atoms with van der Waals surface area (Å²) in [6.45, 7) is 6.25. The third-order valence-corrected chi connectivity index (χ3v) is 4.76. The molecular weight excluding hydrogens is 308 g/mol. The smallest absolute Gasteiger partial charge is 0.269 e. The van der Waals surface area contributed by atoms with Crippen LogP contribution in [0.1, 0.15) is 17.7 Å². The SMILES string of the molecule is C=CCNc1nnc(SC(C)c2cccc([N+](=O)[O-])c2)s1. The number of nitro groups is 1. The van der Waals surface area contributed by atoms with Crippen molar-refractivity contribution in [1.82, 2.24) is 10.2 Å². The Balaban J connectivity index is 2.05. The number of rotatable bonds is 7. The zero-order valence-electron chi connectivity index (χ0n) is 11.4. The van der Waals surface area contributed by atoms with Gasteiger partial charge in [-0.3, -0.25) is 10.1 Å². The van der Waals surface area contributed by atoms with Crippen LogP contribution in [0.25, 0.3) is 0 Å². The normalized spacial score (nSPS) is 11.9. The lowest BCUT2D eigenvalue weighted by molar-refractivity contribution is -0.384. The summed E-state index contributed by atoms with van der Waals surface area (Å²) in [6, 6.07) is 6.66. The molecule has 0 aliphatic heterocycles. The van der Waals surface area contributed by atoms with E-state index in [1.54, 1.807) is 18.2 Å². The summed E-state index contributed by atoms with van der Waals surface area (Å²) >= 11 is 2.98. The summed E-state index contributed by atoms with van der Waals surface area (Å²) < 4.78 is 0.820. The molecule has 8 heteroatoms. The molecule has 1 unspecified atom stereocenters. The highest BCUT2D eigenvalue weighted by atomic mass is 32.2. The monoisotopic (exact) mass is 322 g/mol. The first-order valence-corrected chi connectivity index (χ1v) is 7.89. The Morgan fingerprint density at radius 2 is 2.38 bits per heavy atom. The Morgan fingerprint density at radius 1 is 1.57 bits per heavy atom. The van der Waals surface area contributed by atoms with Crippen LogP contribution in [0.3, 0.4) is 0 Å². The van der Waals surface area contributed by atoms with E-state index in [1.165, 1.54) is 29.2 Å². The number of aromatic nitrogens is 2. The topological polar surface area (TPSA) is 81.0 Å². The molecule has 0 saturated heterocycles. The molecule has 1 N–H and O–H groups in total. The fraction of sp³-hybridized carbons (Fsp3) is 0.231. The van der Waals surface area contributed by atoms with Crippen LogP contribution in [0.2, 0.25) is 0 Å². The molecule has 1 heterocycles. The van der Waals surface area contributed by atoms with Gasteiger partial charge >= 0.3 is 0 Å². The largest absolute Gasteiger partial charge is 0.357 e. The van der Waals surface area contributed by atoms with Crippen molar-refractivity contribution in [3.63, 3.8) is 0 Å². The molecule has 0 fully saturated rings. The van der Waals surface area contributed by atoms with Gasteiger partial charge in [0.1, 0.15) is 0 Å². The third kappa shape index (κ3) is 4.27. The Morgan fingerprint density at radius 3 is 3.10 bits per heavy atom. The van der Waals surface area contributed by atoms with Crippen LogP contribution >= 0.6 is 23.1 Å². The van der Waals surface area contributed by atoms with Crippen LogP contribution in [0, 0.1) is 10.1 Å². The van der Waals surface area contributed by atoms with Gasteiger partial charge in [0.2, 0.25) is 5.13 Å². The van der Waals surface area contributed by atoms with Gasteiger partial charge in [0.05, 0.1) is 4.92 Å². The van der Waals surface area contributed by atoms with Crippen molar-refractivity contribution in [2.75, 3.05) is 11.9 Å². The molecule has 2 rings (SSSR count). The van der Waals surface area contributed by atoms with Gasteiger partial charge in [0.15, 0.2) is 4.34 Å². The summed E-state index contributed by atoms with van der Waals surface area (Å²) in [7, 11) is 0. The van der Waals surface area contributed by atoms with E-state index in [4.69, 9.17) is 0 Å². The Kier molecular flexibility index (Phi) is 5.29. The van der Waals surface area contributed by atoms with E-state index in [0.29, 0.717) is 6.54 Å². The number of nitrogens with zero attached hydrogens (tertiary/aromatic N) is 3. The summed E-state index contributed by atoms with van der Waals surface area (Å²) in [4.78, 5) is 10.4. The number of nitro benzene ring substituents is 1. The molecule has 0 spiro atoms. The second-order valence-corrected chi connectivity index (χ2v) is 6.72. The van der Waals surface area contributed by atoms with E-state index in [2.05, 4.69) is 22.1 Å². The van der Waals surface area contributed by atoms with E-state index in [0.717, 1.165) is 15.0 Å². The third-order valence-electron chi connectivity index (χ3n) is 2.63. The highest BCUT2D eigenvalue weighted by molar-refractivity contribution is 8.01. The van der Waals surface area contributed by atoms with E-state index in [-0.39, 0.29) is 15.9 Å². The average molecular weight is 322 g/mol. The molecular formula is C13H14N4O2S2. The maximum atomic E-state index is 10.8. The molecule has 0 aliphatic rings. The van der Waals surface area contributed by atoms with Crippen LogP contribution in [0.15, 0.2) is 41.3 Å². The molecule has 0 saturated carbocycles. The number of hydrogen-bond acceptors (Lipinski definition) is 7. The molecule has 0 bridgehead atoms. The minimum absolute atomic E-state index is 0.0603. The van der Waals surface area contributed by atoms with Gasteiger partial charge < -0.3 is 5.32 Å². The quantitative estimate of drug-likeness (QED) is 0.360. The number of hydrogen-bond donors (Lipinski definition) is 1. The maximum Gasteiger partial charge on any atom is 0.269 e. The van der Waals surface area contributed by atoms with Crippen LogP contribution in [-0.4, -0.2) is 21.7 Å². The van der Waals surface area contributed by atoms with Crippen molar-refractivity contribution >= 4 is 33.9 Å². The Hall–Kier alpha value is -1.93. The number of non-ortho nitro benzene ring substituents is 1. The first kappa shape index (κ1) is 15.5. The highest BCUT2D eigenvalue weighted by Gasteiger charge is 2.14. The maximum absolute atomic E-state index is 10.8. The zero-order valence-corrected chi connectivity index (χ0v) is 13.0. The molecule has 1 aromatic heterocycles. The molecule has 6 nitrogen and oxygen atoms in total. The van der Waals surface area contributed by atoms with Crippen molar-refractivity contribution in [2.45, 2.75) is 16.5 Å². The van der Waals surface area contributed by atoms with Crippen molar-refractivity contribution in [3.05, 3.63) is 52.6 Å². The highest BCUT2D eigenvalue weighted by Crippen LogP contribution is 2.38. The van der Waals surface area contributed by atoms with Gasteiger partial charge in [0.25, 0.3) is 5.69 Å². The second kappa shape index (κ2) is 7.19. The molecule has 2 aromatic rings. The zero-order chi connectivity index (χ0) is 15.2. The number of nitrogens with one attached hydrogen (secondary N) is 1. The molecule has 1 aromatic carbocycles. The fourth-order valence-corrected chi connectivity index (χ4v) is 3.62. The molecule has 0 aliphatic carbocycles. The van der Waals surface area contributed by atoms with Crippen LogP contribution in [0.5, 0.6) is 0 Å². The predicted octanol–water partition coefficient (Wildman–Crippen LogP) is 3.90. The molecule has 110 valence electrons. The second-order valence-electron chi connectivity index (χ2n) is 4.15. The summed E-state index contributed by atoms with van der Waals surface area (Å²) in [6.07, 6.45) is 1.75. The van der Waals surface area contributed by atoms with Crippen LogP contribution in [0.4, 0.5) is 10.8 Å². The lowest BCUT2D eigenvalue weighted by Gasteiger charge is -2.08. The van der Waals surface area contributed by atoms with Crippen molar-refractivity contribution < 1.29 is 4.92 Å². The first-order chi connectivity index (χ1) is 10.1. The van der Waals surface area contributed by atoms with Crippen molar-refractivity contribution in [1.29, 1.82) is 0 Å². The minimum atomic E-state index is -0.386. The molecule has 21 heavy (non-hydrogen) atoms. The number of thioether (sulfide) groups is 1. The van der Waals surface area contributed by atoms with Gasteiger partial charge in [-0.1, -0.05) is 41.3 Å². The number of benzene rings is 1. The van der Waals surface area contributed by atoms with Crippen LogP contribution < -0.4 is 5.32 Å². The summed E-state index contributed by atoms with van der Waals surface area (Å²) in [5, 5.41) is 22.8. The minimum Gasteiger partial charge on any atom is -0.357 e. The first-order valence-electron chi connectivity index (χ1n) is 6.19. The standard InChI is InChI=1S/C13H14N4O2S2/c1-3-7-14-12-15-16-13(21-12)20-9(2)10-5-4-6-11(8-10)17(18)19/h3-6,8-9H,1,7H2,2H3,(H,14,15). The van der Waals surface area contributed by atoms with Gasteiger partial charge in [-0.05, 0) is 12.5 Å². The lowest BCUT2D eigenvalue weighted by atomic mass is 10.1. The molecule has 1 atom stereocenters. The van der Waals surface area contributed by atoms with Gasteiger partial charge in [-0.25, -0.2) is 0 Å².